The molecule has 9 heteroatoms. The van der Waals surface area contributed by atoms with Gasteiger partial charge in [0.05, 0.1) is 17.6 Å². The first-order valence-electron chi connectivity index (χ1n) is 10.7. The summed E-state index contributed by atoms with van der Waals surface area (Å²) in [6.07, 6.45) is 3.93. The van der Waals surface area contributed by atoms with Gasteiger partial charge in [0.25, 0.3) is 5.91 Å². The first-order chi connectivity index (χ1) is 15.4. The molecule has 1 saturated heterocycles. The summed E-state index contributed by atoms with van der Waals surface area (Å²) in [6.45, 7) is 1.24. The Morgan fingerprint density at radius 2 is 1.62 bits per heavy atom. The van der Waals surface area contributed by atoms with Gasteiger partial charge in [0.15, 0.2) is 0 Å². The van der Waals surface area contributed by atoms with Crippen LogP contribution in [0.1, 0.15) is 42.5 Å². The van der Waals surface area contributed by atoms with Crippen LogP contribution < -0.4 is 15.4 Å². The van der Waals surface area contributed by atoms with Crippen LogP contribution in [-0.2, 0) is 14.8 Å². The van der Waals surface area contributed by atoms with Gasteiger partial charge >= 0.3 is 0 Å². The van der Waals surface area contributed by atoms with E-state index < -0.39 is 10.0 Å². The Balaban J connectivity index is 1.51. The molecule has 172 valence electrons. The molecule has 0 atom stereocenters. The van der Waals surface area contributed by atoms with Gasteiger partial charge in [-0.2, -0.15) is 4.31 Å². The predicted molar refractivity (Wildman–Crippen MR) is 122 cm³/mol. The number of nitrogens with one attached hydrogen (secondary N) is 2. The number of hydrogen-bond acceptors (Lipinski definition) is 5. The molecule has 32 heavy (non-hydrogen) atoms. The number of carbonyl (C=O) groups excluding carboxylic acids is 2. The van der Waals surface area contributed by atoms with E-state index in [0.29, 0.717) is 30.1 Å². The van der Waals surface area contributed by atoms with Crippen LogP contribution in [0.2, 0.25) is 0 Å². The van der Waals surface area contributed by atoms with E-state index in [9.17, 15) is 18.0 Å². The zero-order valence-corrected chi connectivity index (χ0v) is 19.0. The van der Waals surface area contributed by atoms with E-state index in [2.05, 4.69) is 10.6 Å². The van der Waals surface area contributed by atoms with Crippen molar-refractivity contribution in [1.29, 1.82) is 0 Å². The second-order valence-electron chi connectivity index (χ2n) is 7.60. The van der Waals surface area contributed by atoms with Crippen molar-refractivity contribution in [3.05, 3.63) is 54.1 Å². The third-order valence-electron chi connectivity index (χ3n) is 5.33. The van der Waals surface area contributed by atoms with Crippen molar-refractivity contribution in [3.8, 4) is 5.75 Å². The van der Waals surface area contributed by atoms with Crippen molar-refractivity contribution < 1.29 is 22.7 Å². The molecule has 2 N–H and O–H groups in total. The van der Waals surface area contributed by atoms with Crippen LogP contribution in [-0.4, -0.2) is 51.3 Å². The number of rotatable bonds is 8. The number of hydrogen-bond donors (Lipinski definition) is 2. The number of sulfonamides is 1. The minimum atomic E-state index is -3.52. The summed E-state index contributed by atoms with van der Waals surface area (Å²) in [7, 11) is -2.03. The largest absolute Gasteiger partial charge is 0.496 e. The van der Waals surface area contributed by atoms with Crippen molar-refractivity contribution in [2.45, 2.75) is 37.0 Å². The quantitative estimate of drug-likeness (QED) is 0.631. The average molecular weight is 460 g/mol. The van der Waals surface area contributed by atoms with Gasteiger partial charge in [-0.05, 0) is 49.2 Å². The Labute approximate surface area is 189 Å². The van der Waals surface area contributed by atoms with Crippen LogP contribution in [0, 0.1) is 0 Å². The molecule has 2 aromatic rings. The lowest BCUT2D eigenvalue weighted by Crippen LogP contribution is -2.31. The number of benzene rings is 2. The fraction of sp³-hybridized carbons (Fsp3) is 0.391. The molecule has 1 aliphatic rings. The molecule has 2 aromatic carbocycles. The average Bonchev–Trinajstić information content (AvgIpc) is 3.09. The van der Waals surface area contributed by atoms with E-state index in [1.54, 1.807) is 36.4 Å². The zero-order valence-electron chi connectivity index (χ0n) is 18.2. The summed E-state index contributed by atoms with van der Waals surface area (Å²) in [5.74, 6) is -0.142. The third-order valence-corrected chi connectivity index (χ3v) is 7.24. The van der Waals surface area contributed by atoms with Gasteiger partial charge in [0.1, 0.15) is 5.75 Å². The summed E-state index contributed by atoms with van der Waals surface area (Å²) in [6, 6.07) is 13.0. The molecule has 0 radical (unpaired) electrons. The smallest absolute Gasteiger partial charge is 0.255 e. The summed E-state index contributed by atoms with van der Waals surface area (Å²) in [5, 5.41) is 5.42. The number of nitrogens with zero attached hydrogens (tertiary/aromatic N) is 1. The van der Waals surface area contributed by atoms with Gasteiger partial charge in [0.2, 0.25) is 15.9 Å². The normalized spacial score (nSPS) is 14.9. The van der Waals surface area contributed by atoms with Crippen molar-refractivity contribution in [1.82, 2.24) is 9.62 Å². The first-order valence-corrected chi connectivity index (χ1v) is 12.2. The Bertz CT molecular complexity index is 1030. The fourth-order valence-electron chi connectivity index (χ4n) is 3.58. The summed E-state index contributed by atoms with van der Waals surface area (Å²) in [4.78, 5) is 24.7. The van der Waals surface area contributed by atoms with Crippen molar-refractivity contribution in [3.63, 3.8) is 0 Å². The van der Waals surface area contributed by atoms with Crippen molar-refractivity contribution >= 4 is 27.5 Å². The predicted octanol–water partition coefficient (Wildman–Crippen LogP) is 3.02. The second kappa shape index (κ2) is 11.1. The molecule has 0 saturated carbocycles. The van der Waals surface area contributed by atoms with Crippen LogP contribution in [0.25, 0.3) is 0 Å². The Hall–Kier alpha value is -2.91. The minimum absolute atomic E-state index is 0.0781. The maximum Gasteiger partial charge on any atom is 0.255 e. The highest BCUT2D eigenvalue weighted by Gasteiger charge is 2.25. The summed E-state index contributed by atoms with van der Waals surface area (Å²) >= 11 is 0. The van der Waals surface area contributed by atoms with E-state index in [1.807, 2.05) is 0 Å². The third kappa shape index (κ3) is 6.08. The van der Waals surface area contributed by atoms with E-state index >= 15 is 0 Å². The highest BCUT2D eigenvalue weighted by molar-refractivity contribution is 7.89. The Kier molecular flexibility index (Phi) is 8.24. The zero-order chi connectivity index (χ0) is 23.0. The fourth-order valence-corrected chi connectivity index (χ4v) is 5.10. The van der Waals surface area contributed by atoms with Gasteiger partial charge in [-0.25, -0.2) is 8.42 Å². The van der Waals surface area contributed by atoms with E-state index in [4.69, 9.17) is 4.74 Å². The first kappa shape index (κ1) is 23.7. The van der Waals surface area contributed by atoms with Crippen LogP contribution in [0.15, 0.2) is 53.4 Å². The Morgan fingerprint density at radius 3 is 2.28 bits per heavy atom. The monoisotopic (exact) mass is 459 g/mol. The molecule has 0 unspecified atom stereocenters. The Morgan fingerprint density at radius 1 is 0.969 bits per heavy atom. The van der Waals surface area contributed by atoms with Crippen LogP contribution in [0.4, 0.5) is 5.69 Å². The number of carbonyl (C=O) groups is 2. The molecule has 0 bridgehead atoms. The molecule has 1 fully saturated rings. The van der Waals surface area contributed by atoms with Crippen molar-refractivity contribution in [2.75, 3.05) is 32.1 Å². The molecule has 8 nitrogen and oxygen atoms in total. The highest BCUT2D eigenvalue weighted by atomic mass is 32.2. The van der Waals surface area contributed by atoms with Crippen molar-refractivity contribution in [2.24, 2.45) is 0 Å². The van der Waals surface area contributed by atoms with Crippen LogP contribution >= 0.6 is 0 Å². The lowest BCUT2D eigenvalue weighted by Gasteiger charge is -2.20. The van der Waals surface area contributed by atoms with E-state index in [0.717, 1.165) is 25.7 Å². The van der Waals surface area contributed by atoms with Gasteiger partial charge in [-0.15, -0.1) is 0 Å². The number of ether oxygens (including phenoxy) is 1. The lowest BCUT2D eigenvalue weighted by molar-refractivity contribution is -0.116. The molecule has 2 amide bonds. The maximum absolute atomic E-state index is 12.8. The summed E-state index contributed by atoms with van der Waals surface area (Å²) < 4.78 is 32.4. The number of amides is 2. The standard InChI is InChI=1S/C23H29N3O5S/c1-31-21-9-5-4-8-20(21)23(28)24-15-14-22(27)25-18-10-12-19(13-11-18)32(29,30)26-16-6-2-3-7-17-26/h4-5,8-13H,2-3,6-7,14-17H2,1H3,(H,24,28)(H,25,27). The molecule has 0 aliphatic carbocycles. The van der Waals surface area contributed by atoms with Crippen LogP contribution in [0.3, 0.4) is 0 Å². The summed E-state index contributed by atoms with van der Waals surface area (Å²) in [5.41, 5.74) is 0.900. The number of methoxy groups -OCH3 is 1. The molecule has 0 aromatic heterocycles. The maximum atomic E-state index is 12.8. The molecular formula is C23H29N3O5S. The topological polar surface area (TPSA) is 105 Å². The van der Waals surface area contributed by atoms with Gasteiger partial charge in [-0.3, -0.25) is 9.59 Å². The minimum Gasteiger partial charge on any atom is -0.496 e. The lowest BCUT2D eigenvalue weighted by atomic mass is 10.2. The van der Waals surface area contributed by atoms with Gasteiger partial charge < -0.3 is 15.4 Å². The SMILES string of the molecule is COc1ccccc1C(=O)NCCC(=O)Nc1ccc(S(=O)(=O)N2CCCCCC2)cc1. The van der Waals surface area contributed by atoms with Gasteiger partial charge in [0, 0.05) is 31.7 Å². The van der Waals surface area contributed by atoms with E-state index in [1.165, 1.54) is 23.5 Å². The molecule has 3 rings (SSSR count). The van der Waals surface area contributed by atoms with Gasteiger partial charge in [-0.1, -0.05) is 25.0 Å². The molecular weight excluding hydrogens is 430 g/mol. The molecule has 1 heterocycles. The molecule has 0 spiro atoms. The second-order valence-corrected chi connectivity index (χ2v) is 9.53. The highest BCUT2D eigenvalue weighted by Crippen LogP contribution is 2.22. The van der Waals surface area contributed by atoms with Crippen LogP contribution in [0.5, 0.6) is 5.75 Å². The molecule has 1 aliphatic heterocycles. The van der Waals surface area contributed by atoms with E-state index in [-0.39, 0.29) is 29.7 Å². The number of para-hydroxylation sites is 1. The number of anilines is 1.